The van der Waals surface area contributed by atoms with Crippen molar-refractivity contribution in [1.29, 1.82) is 5.26 Å². The van der Waals surface area contributed by atoms with Crippen molar-refractivity contribution in [1.82, 2.24) is 9.38 Å². The van der Waals surface area contributed by atoms with E-state index in [4.69, 9.17) is 21.1 Å². The van der Waals surface area contributed by atoms with Crippen LogP contribution in [0.15, 0.2) is 81.5 Å². The maximum Gasteiger partial charge on any atom is 0.269 e. The van der Waals surface area contributed by atoms with Gasteiger partial charge in [-0.05, 0) is 61.0 Å². The highest BCUT2D eigenvalue weighted by Crippen LogP contribution is 2.32. The molecule has 0 amide bonds. The minimum Gasteiger partial charge on any atom is -0.493 e. The van der Waals surface area contributed by atoms with Crippen molar-refractivity contribution in [3.05, 3.63) is 98.3 Å². The van der Waals surface area contributed by atoms with Gasteiger partial charge in [-0.1, -0.05) is 29.8 Å². The van der Waals surface area contributed by atoms with Crippen molar-refractivity contribution < 1.29 is 17.9 Å². The Morgan fingerprint density at radius 2 is 1.77 bits per heavy atom. The molecule has 4 aromatic rings. The number of nitriles is 1. The molecule has 176 valence electrons. The molecule has 0 aliphatic rings. The minimum atomic E-state index is -4.26. The summed E-state index contributed by atoms with van der Waals surface area (Å²) in [7, 11) is -2.80. The van der Waals surface area contributed by atoms with Crippen LogP contribution in [0.25, 0.3) is 11.7 Å². The van der Waals surface area contributed by atoms with Crippen LogP contribution in [0.2, 0.25) is 5.02 Å². The lowest BCUT2D eigenvalue weighted by molar-refractivity contribution is 0.373. The van der Waals surface area contributed by atoms with Gasteiger partial charge in [-0.15, -0.1) is 0 Å². The highest BCUT2D eigenvalue weighted by Gasteiger charge is 2.24. The molecule has 35 heavy (non-hydrogen) atoms. The van der Waals surface area contributed by atoms with Crippen molar-refractivity contribution >= 4 is 33.2 Å². The summed E-state index contributed by atoms with van der Waals surface area (Å²) >= 11 is 5.86. The number of hydrogen-bond acceptors (Lipinski definition) is 7. The molecule has 0 saturated carbocycles. The number of aromatic nitrogens is 2. The third kappa shape index (κ3) is 4.62. The maximum atomic E-state index is 13.5. The molecule has 4 rings (SSSR count). The van der Waals surface area contributed by atoms with E-state index < -0.39 is 20.3 Å². The second kappa shape index (κ2) is 9.62. The molecule has 0 unspecified atom stereocenters. The number of sulfone groups is 1. The molecule has 0 fully saturated rings. The van der Waals surface area contributed by atoms with Crippen LogP contribution in [-0.4, -0.2) is 24.9 Å². The zero-order chi connectivity index (χ0) is 25.2. The van der Waals surface area contributed by atoms with Gasteiger partial charge in [0.2, 0.25) is 15.7 Å². The lowest BCUT2D eigenvalue weighted by atomic mass is 10.2. The average Bonchev–Trinajstić information content (AvgIpc) is 2.85. The van der Waals surface area contributed by atoms with E-state index in [0.29, 0.717) is 22.0 Å². The molecule has 2 heterocycles. The largest absolute Gasteiger partial charge is 0.493 e. The molecule has 0 atom stereocenters. The van der Waals surface area contributed by atoms with Crippen LogP contribution in [0.1, 0.15) is 11.1 Å². The van der Waals surface area contributed by atoms with Gasteiger partial charge in [0, 0.05) is 11.2 Å². The SMILES string of the molecule is COc1ccccc1Oc1nc2c(C)cccn2c(=O)c1/C=C(\C#N)S(=O)(=O)c1ccc(Cl)cc1. The molecule has 0 bridgehead atoms. The third-order valence-corrected chi connectivity index (χ3v) is 7.06. The van der Waals surface area contributed by atoms with Crippen LogP contribution < -0.4 is 15.0 Å². The smallest absolute Gasteiger partial charge is 0.269 e. The third-order valence-electron chi connectivity index (χ3n) is 5.12. The Bertz CT molecular complexity index is 1670. The normalized spacial score (nSPS) is 11.8. The van der Waals surface area contributed by atoms with Crippen molar-refractivity contribution in [3.63, 3.8) is 0 Å². The number of methoxy groups -OCH3 is 1. The molecule has 8 nitrogen and oxygen atoms in total. The Kier molecular flexibility index (Phi) is 6.60. The Morgan fingerprint density at radius 1 is 1.09 bits per heavy atom. The first-order valence-corrected chi connectivity index (χ1v) is 12.1. The molecule has 2 aromatic heterocycles. The molecule has 0 N–H and O–H groups in total. The minimum absolute atomic E-state index is 0.147. The quantitative estimate of drug-likeness (QED) is 0.345. The van der Waals surface area contributed by atoms with E-state index in [9.17, 15) is 18.5 Å². The fraction of sp³-hybridized carbons (Fsp3) is 0.0800. The summed E-state index contributed by atoms with van der Waals surface area (Å²) in [5.74, 6) is 0.463. The maximum absolute atomic E-state index is 13.5. The number of nitrogens with zero attached hydrogens (tertiary/aromatic N) is 3. The highest BCUT2D eigenvalue weighted by molar-refractivity contribution is 7.95. The Hall–Kier alpha value is -4.13. The van der Waals surface area contributed by atoms with Gasteiger partial charge in [0.15, 0.2) is 11.5 Å². The molecule has 0 aliphatic heterocycles. The number of rotatable bonds is 6. The number of benzene rings is 2. The van der Waals surface area contributed by atoms with Crippen LogP contribution in [-0.2, 0) is 9.84 Å². The number of aryl methyl sites for hydroxylation is 1. The summed E-state index contributed by atoms with van der Waals surface area (Å²) in [5.41, 5.74) is 0.189. The highest BCUT2D eigenvalue weighted by atomic mass is 35.5. The summed E-state index contributed by atoms with van der Waals surface area (Å²) in [6.07, 6.45) is 2.47. The molecular formula is C25H18ClN3O5S. The lowest BCUT2D eigenvalue weighted by Gasteiger charge is -2.13. The number of fused-ring (bicyclic) bond motifs is 1. The molecule has 0 saturated heterocycles. The summed E-state index contributed by atoms with van der Waals surface area (Å²) in [6.45, 7) is 1.77. The van der Waals surface area contributed by atoms with Gasteiger partial charge in [-0.3, -0.25) is 9.20 Å². The zero-order valence-corrected chi connectivity index (χ0v) is 20.2. The van der Waals surface area contributed by atoms with Gasteiger partial charge in [0.05, 0.1) is 12.0 Å². The van der Waals surface area contributed by atoms with Crippen molar-refractivity contribution in [3.8, 4) is 23.4 Å². The Labute approximate surface area is 206 Å². The number of halogens is 1. The van der Waals surface area contributed by atoms with E-state index in [1.54, 1.807) is 49.4 Å². The first kappa shape index (κ1) is 24.0. The van der Waals surface area contributed by atoms with Crippen molar-refractivity contribution in [2.75, 3.05) is 7.11 Å². The number of pyridine rings is 1. The molecule has 2 aromatic carbocycles. The van der Waals surface area contributed by atoms with E-state index in [2.05, 4.69) is 4.98 Å². The number of para-hydroxylation sites is 2. The summed E-state index contributed by atoms with van der Waals surface area (Å²) in [5, 5.41) is 10.1. The van der Waals surface area contributed by atoms with Crippen LogP contribution in [0.3, 0.4) is 0 Å². The van der Waals surface area contributed by atoms with Gasteiger partial charge in [0.1, 0.15) is 22.2 Å². The molecule has 0 spiro atoms. The second-order valence-corrected chi connectivity index (χ2v) is 9.71. The van der Waals surface area contributed by atoms with Gasteiger partial charge >= 0.3 is 0 Å². The van der Waals surface area contributed by atoms with E-state index >= 15 is 0 Å². The van der Waals surface area contributed by atoms with Crippen LogP contribution in [0.5, 0.6) is 17.4 Å². The van der Waals surface area contributed by atoms with E-state index in [0.717, 1.165) is 6.08 Å². The molecule has 0 radical (unpaired) electrons. The average molecular weight is 508 g/mol. The van der Waals surface area contributed by atoms with Gasteiger partial charge in [-0.2, -0.15) is 10.2 Å². The first-order chi connectivity index (χ1) is 16.8. The van der Waals surface area contributed by atoms with E-state index in [-0.39, 0.29) is 22.1 Å². The predicted octanol–water partition coefficient (Wildman–Crippen LogP) is 4.80. The Balaban J connectivity index is 1.98. The molecule has 0 aliphatic carbocycles. The standard InChI is InChI=1S/C25H18ClN3O5S/c1-16-6-5-13-29-23(16)28-24(34-22-8-4-3-7-21(22)33-2)20(25(29)30)14-19(15-27)35(31,32)18-11-9-17(26)10-12-18/h3-14H,1-2H3/b19-14+. The summed E-state index contributed by atoms with van der Waals surface area (Å²) in [6, 6.07) is 17.2. The molecular weight excluding hydrogens is 490 g/mol. The van der Waals surface area contributed by atoms with Crippen LogP contribution >= 0.6 is 11.6 Å². The summed E-state index contributed by atoms with van der Waals surface area (Å²) < 4.78 is 38.8. The topological polar surface area (TPSA) is 111 Å². The number of allylic oxidation sites excluding steroid dienone is 1. The second-order valence-electron chi connectivity index (χ2n) is 7.35. The first-order valence-electron chi connectivity index (χ1n) is 10.2. The monoisotopic (exact) mass is 507 g/mol. The summed E-state index contributed by atoms with van der Waals surface area (Å²) in [4.78, 5) is 17.1. The number of hydrogen-bond donors (Lipinski definition) is 0. The van der Waals surface area contributed by atoms with E-state index in [1.165, 1.54) is 42.0 Å². The van der Waals surface area contributed by atoms with Crippen LogP contribution in [0.4, 0.5) is 0 Å². The predicted molar refractivity (Wildman–Crippen MR) is 131 cm³/mol. The van der Waals surface area contributed by atoms with Gasteiger partial charge < -0.3 is 9.47 Å². The zero-order valence-electron chi connectivity index (χ0n) is 18.6. The lowest BCUT2D eigenvalue weighted by Crippen LogP contribution is -2.20. The number of ether oxygens (including phenoxy) is 2. The Morgan fingerprint density at radius 3 is 2.43 bits per heavy atom. The van der Waals surface area contributed by atoms with E-state index in [1.807, 2.05) is 0 Å². The van der Waals surface area contributed by atoms with Gasteiger partial charge in [0.25, 0.3) is 5.56 Å². The van der Waals surface area contributed by atoms with Gasteiger partial charge in [-0.25, -0.2) is 8.42 Å². The van der Waals surface area contributed by atoms with Crippen molar-refractivity contribution in [2.45, 2.75) is 11.8 Å². The van der Waals surface area contributed by atoms with Crippen LogP contribution in [0, 0.1) is 18.3 Å². The molecule has 10 heteroatoms. The fourth-order valence-corrected chi connectivity index (χ4v) is 4.61. The van der Waals surface area contributed by atoms with Crippen molar-refractivity contribution in [2.24, 2.45) is 0 Å². The fourth-order valence-electron chi connectivity index (χ4n) is 3.34.